The fraction of sp³-hybridized carbons (Fsp3) is 0.500. The Balaban J connectivity index is 2.52. The molecule has 3 atom stereocenters. The van der Waals surface area contributed by atoms with Crippen LogP contribution in [-0.4, -0.2) is 35.3 Å². The Kier molecular flexibility index (Phi) is 6.67. The fourth-order valence-electron chi connectivity index (χ4n) is 1.81. The van der Waals surface area contributed by atoms with Crippen LogP contribution < -0.4 is 16.0 Å². The van der Waals surface area contributed by atoms with Gasteiger partial charge in [-0.25, -0.2) is 4.79 Å². The lowest BCUT2D eigenvalue weighted by molar-refractivity contribution is 0.250. The summed E-state index contributed by atoms with van der Waals surface area (Å²) in [5.41, 5.74) is 1.90. The van der Waals surface area contributed by atoms with Crippen molar-refractivity contribution in [3.63, 3.8) is 0 Å². The van der Waals surface area contributed by atoms with Crippen LogP contribution >= 0.6 is 0 Å². The van der Waals surface area contributed by atoms with Crippen LogP contribution in [0.4, 0.5) is 10.5 Å². The van der Waals surface area contributed by atoms with Gasteiger partial charge in [0.05, 0.1) is 0 Å². The Labute approximate surface area is 123 Å². The Morgan fingerprint density at radius 2 is 1.85 bits per heavy atom. The summed E-state index contributed by atoms with van der Waals surface area (Å²) in [7, 11) is 0.989. The van der Waals surface area contributed by atoms with Crippen molar-refractivity contribution >= 4 is 22.5 Å². The number of benzene rings is 1. The van der Waals surface area contributed by atoms with Crippen molar-refractivity contribution in [2.75, 3.05) is 24.4 Å². The summed E-state index contributed by atoms with van der Waals surface area (Å²) in [5, 5.41) is 8.67. The first-order chi connectivity index (χ1) is 9.42. The van der Waals surface area contributed by atoms with Crippen molar-refractivity contribution in [1.82, 2.24) is 10.6 Å². The first kappa shape index (κ1) is 16.7. The molecule has 112 valence electrons. The predicted molar refractivity (Wildman–Crippen MR) is 84.5 cm³/mol. The van der Waals surface area contributed by atoms with Gasteiger partial charge >= 0.3 is 6.03 Å². The van der Waals surface area contributed by atoms with Crippen LogP contribution in [-0.2, 0) is 10.8 Å². The Morgan fingerprint density at radius 3 is 2.35 bits per heavy atom. The summed E-state index contributed by atoms with van der Waals surface area (Å²) in [4.78, 5) is 11.7. The van der Waals surface area contributed by atoms with Crippen molar-refractivity contribution in [1.29, 1.82) is 0 Å². The molecule has 20 heavy (non-hydrogen) atoms. The third kappa shape index (κ3) is 5.71. The van der Waals surface area contributed by atoms with E-state index in [1.807, 2.05) is 38.2 Å². The van der Waals surface area contributed by atoms with Crippen molar-refractivity contribution in [3.8, 4) is 0 Å². The van der Waals surface area contributed by atoms with E-state index in [0.29, 0.717) is 5.75 Å². The number of hydrogen-bond donors (Lipinski definition) is 3. The highest BCUT2D eigenvalue weighted by atomic mass is 32.2. The first-order valence-electron chi connectivity index (χ1n) is 6.57. The fourth-order valence-corrected chi connectivity index (χ4v) is 2.59. The lowest BCUT2D eigenvalue weighted by Crippen LogP contribution is -2.39. The van der Waals surface area contributed by atoms with E-state index in [4.69, 9.17) is 0 Å². The van der Waals surface area contributed by atoms with Crippen LogP contribution in [0.15, 0.2) is 24.3 Å². The number of nitrogens with one attached hydrogen (secondary N) is 3. The third-order valence-electron chi connectivity index (χ3n) is 2.96. The molecule has 3 N–H and O–H groups in total. The zero-order valence-electron chi connectivity index (χ0n) is 12.4. The van der Waals surface area contributed by atoms with Gasteiger partial charge in [0.15, 0.2) is 0 Å². The number of amides is 2. The summed E-state index contributed by atoms with van der Waals surface area (Å²) in [5.74, 6) is 0.450. The number of carbonyl (C=O) groups is 1. The maximum atomic E-state index is 11.7. The van der Waals surface area contributed by atoms with Crippen LogP contribution in [0, 0.1) is 0 Å². The highest BCUT2D eigenvalue weighted by Gasteiger charge is 2.09. The van der Waals surface area contributed by atoms with E-state index >= 15 is 0 Å². The molecule has 6 heteroatoms. The molecule has 1 rings (SSSR count). The van der Waals surface area contributed by atoms with Gasteiger partial charge in [0.1, 0.15) is 0 Å². The van der Waals surface area contributed by atoms with Crippen LogP contribution in [0.25, 0.3) is 0 Å². The molecule has 5 nitrogen and oxygen atoms in total. The van der Waals surface area contributed by atoms with Gasteiger partial charge in [-0.2, -0.15) is 0 Å². The second-order valence-corrected chi connectivity index (χ2v) is 6.35. The highest BCUT2D eigenvalue weighted by Crippen LogP contribution is 2.15. The van der Waals surface area contributed by atoms with Crippen molar-refractivity contribution in [2.45, 2.75) is 25.9 Å². The van der Waals surface area contributed by atoms with Crippen molar-refractivity contribution in [2.24, 2.45) is 0 Å². The summed E-state index contributed by atoms with van der Waals surface area (Å²) in [6, 6.07) is 7.55. The molecule has 0 aliphatic carbocycles. The Morgan fingerprint density at radius 1 is 1.25 bits per heavy atom. The quantitative estimate of drug-likeness (QED) is 0.750. The molecule has 0 radical (unpaired) electrons. The summed E-state index contributed by atoms with van der Waals surface area (Å²) in [6.45, 7) is 3.90. The van der Waals surface area contributed by atoms with E-state index in [-0.39, 0.29) is 18.1 Å². The first-order valence-corrected chi connectivity index (χ1v) is 8.30. The average molecular weight is 297 g/mol. The van der Waals surface area contributed by atoms with Gasteiger partial charge in [0, 0.05) is 40.6 Å². The largest absolute Gasteiger partial charge is 0.334 e. The number of anilines is 1. The number of urea groups is 1. The molecular weight excluding hydrogens is 274 g/mol. The zero-order chi connectivity index (χ0) is 15.1. The third-order valence-corrected chi connectivity index (χ3v) is 3.93. The van der Waals surface area contributed by atoms with Gasteiger partial charge in [-0.15, -0.1) is 0 Å². The standard InChI is InChI=1S/C14H23N3O2S/c1-10(9-20(4)19)16-14(18)17-13-7-5-12(6-8-13)11(2)15-3/h5-8,10-11,15H,9H2,1-4H3,(H2,16,17,18). The lowest BCUT2D eigenvalue weighted by Gasteiger charge is -2.14. The van der Waals surface area contributed by atoms with Gasteiger partial charge in [-0.3, -0.25) is 4.21 Å². The number of rotatable bonds is 6. The van der Waals surface area contributed by atoms with Gasteiger partial charge in [-0.05, 0) is 38.6 Å². The van der Waals surface area contributed by atoms with Crippen LogP contribution in [0.1, 0.15) is 25.5 Å². The van der Waals surface area contributed by atoms with E-state index in [0.717, 1.165) is 11.3 Å². The lowest BCUT2D eigenvalue weighted by atomic mass is 10.1. The summed E-state index contributed by atoms with van der Waals surface area (Å²) >= 11 is 0. The van der Waals surface area contributed by atoms with E-state index in [2.05, 4.69) is 22.9 Å². The molecule has 0 saturated carbocycles. The zero-order valence-corrected chi connectivity index (χ0v) is 13.2. The molecule has 1 aromatic carbocycles. The van der Waals surface area contributed by atoms with Gasteiger partial charge in [0.25, 0.3) is 0 Å². The Bertz CT molecular complexity index is 462. The average Bonchev–Trinajstić information content (AvgIpc) is 2.37. The SMILES string of the molecule is CNC(C)c1ccc(NC(=O)NC(C)CS(C)=O)cc1. The molecule has 1 aromatic rings. The molecule has 3 unspecified atom stereocenters. The van der Waals surface area contributed by atoms with E-state index in [1.54, 1.807) is 6.26 Å². The minimum absolute atomic E-state index is 0.121. The molecule has 0 aliphatic heterocycles. The highest BCUT2D eigenvalue weighted by molar-refractivity contribution is 7.84. The van der Waals surface area contributed by atoms with E-state index in [1.165, 1.54) is 0 Å². The summed E-state index contributed by atoms with van der Waals surface area (Å²) in [6.07, 6.45) is 1.62. The molecular formula is C14H23N3O2S. The molecule has 0 heterocycles. The van der Waals surface area contributed by atoms with Gasteiger partial charge < -0.3 is 16.0 Å². The topological polar surface area (TPSA) is 70.2 Å². The van der Waals surface area contributed by atoms with Crippen LogP contribution in [0.5, 0.6) is 0 Å². The van der Waals surface area contributed by atoms with E-state index < -0.39 is 10.8 Å². The molecule has 0 aromatic heterocycles. The summed E-state index contributed by atoms with van der Waals surface area (Å²) < 4.78 is 11.1. The second-order valence-electron chi connectivity index (χ2n) is 4.87. The molecule has 0 aliphatic rings. The van der Waals surface area contributed by atoms with Crippen LogP contribution in [0.3, 0.4) is 0 Å². The van der Waals surface area contributed by atoms with Crippen molar-refractivity contribution in [3.05, 3.63) is 29.8 Å². The molecule has 0 fully saturated rings. The maximum Gasteiger partial charge on any atom is 0.319 e. The minimum atomic E-state index is -0.918. The van der Waals surface area contributed by atoms with Crippen molar-refractivity contribution < 1.29 is 9.00 Å². The predicted octanol–water partition coefficient (Wildman–Crippen LogP) is 1.86. The molecule has 0 bridgehead atoms. The van der Waals surface area contributed by atoms with Gasteiger partial charge in [0.2, 0.25) is 0 Å². The minimum Gasteiger partial charge on any atom is -0.334 e. The monoisotopic (exact) mass is 297 g/mol. The second kappa shape index (κ2) is 8.01. The smallest absolute Gasteiger partial charge is 0.319 e. The normalized spacial score (nSPS) is 15.2. The number of hydrogen-bond acceptors (Lipinski definition) is 3. The van der Waals surface area contributed by atoms with Gasteiger partial charge in [-0.1, -0.05) is 12.1 Å². The number of carbonyl (C=O) groups excluding carboxylic acids is 1. The molecule has 2 amide bonds. The van der Waals surface area contributed by atoms with E-state index in [9.17, 15) is 9.00 Å². The maximum absolute atomic E-state index is 11.7. The Hall–Kier alpha value is -1.40. The molecule has 0 spiro atoms. The van der Waals surface area contributed by atoms with Crippen LogP contribution in [0.2, 0.25) is 0 Å². The molecule has 0 saturated heterocycles.